The Morgan fingerprint density at radius 1 is 1.33 bits per heavy atom. The largest absolute Gasteiger partial charge is 0.378 e. The third-order valence-corrected chi connectivity index (χ3v) is 3.31. The second-order valence-corrected chi connectivity index (χ2v) is 4.72. The Balaban J connectivity index is 3.09. The van der Waals surface area contributed by atoms with Gasteiger partial charge in [-0.1, -0.05) is 6.92 Å². The van der Waals surface area contributed by atoms with Crippen LogP contribution < -0.4 is 5.32 Å². The van der Waals surface area contributed by atoms with E-state index in [0.29, 0.717) is 12.4 Å². The minimum atomic E-state index is -0.143. The normalized spacial score (nSPS) is 12.5. The summed E-state index contributed by atoms with van der Waals surface area (Å²) in [5.74, 6) is 1.45. The van der Waals surface area contributed by atoms with E-state index in [1.54, 1.807) is 14.2 Å². The van der Waals surface area contributed by atoms with Gasteiger partial charge in [-0.15, -0.1) is 0 Å². The summed E-state index contributed by atoms with van der Waals surface area (Å²) >= 11 is 3.51. The second-order valence-electron chi connectivity index (χ2n) is 3.93. The minimum absolute atomic E-state index is 0.143. The molecule has 0 aromatic carbocycles. The van der Waals surface area contributed by atoms with E-state index in [1.165, 1.54) is 0 Å². The summed E-state index contributed by atoms with van der Waals surface area (Å²) in [6.07, 6.45) is 0.890. The van der Waals surface area contributed by atoms with Gasteiger partial charge < -0.3 is 14.8 Å². The van der Waals surface area contributed by atoms with Crippen molar-refractivity contribution in [2.75, 3.05) is 26.1 Å². The molecule has 6 heteroatoms. The van der Waals surface area contributed by atoms with Crippen molar-refractivity contribution in [1.29, 1.82) is 0 Å². The van der Waals surface area contributed by atoms with Crippen molar-refractivity contribution >= 4 is 21.7 Å². The lowest BCUT2D eigenvalue weighted by molar-refractivity contribution is 0.111. The highest BCUT2D eigenvalue weighted by Crippen LogP contribution is 2.26. The number of anilines is 1. The monoisotopic (exact) mass is 317 g/mol. The average molecular weight is 318 g/mol. The van der Waals surface area contributed by atoms with E-state index in [9.17, 15) is 0 Å². The Bertz CT molecular complexity index is 388. The molecule has 18 heavy (non-hydrogen) atoms. The lowest BCUT2D eigenvalue weighted by Gasteiger charge is -2.15. The van der Waals surface area contributed by atoms with Crippen LogP contribution >= 0.6 is 15.9 Å². The molecule has 1 atom stereocenters. The van der Waals surface area contributed by atoms with Gasteiger partial charge in [-0.3, -0.25) is 0 Å². The molecule has 5 nitrogen and oxygen atoms in total. The molecule has 0 bridgehead atoms. The van der Waals surface area contributed by atoms with E-state index in [2.05, 4.69) is 38.1 Å². The van der Waals surface area contributed by atoms with Crippen molar-refractivity contribution in [3.8, 4) is 0 Å². The van der Waals surface area contributed by atoms with Gasteiger partial charge in [-0.2, -0.15) is 0 Å². The number of ether oxygens (including phenoxy) is 2. The van der Waals surface area contributed by atoms with E-state index in [0.717, 1.165) is 29.0 Å². The van der Waals surface area contributed by atoms with Gasteiger partial charge in [0, 0.05) is 20.8 Å². The molecular formula is C12H20BrN3O2. The van der Waals surface area contributed by atoms with E-state index in [4.69, 9.17) is 9.47 Å². The molecule has 0 aliphatic carbocycles. The van der Waals surface area contributed by atoms with Gasteiger partial charge in [0.05, 0.1) is 16.8 Å². The average Bonchev–Trinajstić information content (AvgIpc) is 2.39. The van der Waals surface area contributed by atoms with Crippen LogP contribution in [0.25, 0.3) is 0 Å². The van der Waals surface area contributed by atoms with Gasteiger partial charge in [0.2, 0.25) is 0 Å². The number of methoxy groups -OCH3 is 2. The first-order valence-electron chi connectivity index (χ1n) is 5.95. The van der Waals surface area contributed by atoms with Crippen LogP contribution in [-0.4, -0.2) is 30.7 Å². The van der Waals surface area contributed by atoms with Crippen LogP contribution in [-0.2, 0) is 16.1 Å². The fraction of sp³-hybridized carbons (Fsp3) is 0.667. The van der Waals surface area contributed by atoms with Crippen LogP contribution in [0.2, 0.25) is 0 Å². The fourth-order valence-electron chi connectivity index (χ4n) is 1.39. The lowest BCUT2D eigenvalue weighted by Crippen LogP contribution is -2.12. The van der Waals surface area contributed by atoms with Crippen molar-refractivity contribution in [2.24, 2.45) is 0 Å². The Labute approximate surface area is 116 Å². The number of nitrogens with one attached hydrogen (secondary N) is 1. The van der Waals surface area contributed by atoms with Gasteiger partial charge in [0.15, 0.2) is 5.82 Å². The zero-order chi connectivity index (χ0) is 13.5. The molecule has 1 N–H and O–H groups in total. The molecular weight excluding hydrogens is 298 g/mol. The van der Waals surface area contributed by atoms with Gasteiger partial charge in [-0.25, -0.2) is 9.97 Å². The van der Waals surface area contributed by atoms with E-state index >= 15 is 0 Å². The van der Waals surface area contributed by atoms with Gasteiger partial charge in [0.25, 0.3) is 0 Å². The molecule has 0 fully saturated rings. The molecule has 0 amide bonds. The predicted octanol–water partition coefficient (Wildman–Crippen LogP) is 2.91. The maximum absolute atomic E-state index is 5.26. The number of hydrogen-bond donors (Lipinski definition) is 1. The van der Waals surface area contributed by atoms with Gasteiger partial charge in [-0.05, 0) is 29.3 Å². The molecule has 0 spiro atoms. The molecule has 0 aliphatic heterocycles. The van der Waals surface area contributed by atoms with E-state index in [-0.39, 0.29) is 6.10 Å². The number of halogens is 1. The molecule has 0 saturated carbocycles. The third-order valence-electron chi connectivity index (χ3n) is 2.48. The summed E-state index contributed by atoms with van der Waals surface area (Å²) in [7, 11) is 3.29. The van der Waals surface area contributed by atoms with Crippen LogP contribution in [0.5, 0.6) is 0 Å². The molecule has 1 unspecified atom stereocenters. The fourth-order valence-corrected chi connectivity index (χ4v) is 1.82. The summed E-state index contributed by atoms with van der Waals surface area (Å²) in [4.78, 5) is 8.93. The van der Waals surface area contributed by atoms with Crippen LogP contribution in [0.15, 0.2) is 4.47 Å². The Kier molecular flexibility index (Phi) is 6.52. The SMILES string of the molecule is CCCNc1nc(C(C)OC)nc(COC)c1Br. The molecule has 0 radical (unpaired) electrons. The number of nitrogens with zero attached hydrogens (tertiary/aromatic N) is 2. The second kappa shape index (κ2) is 7.66. The van der Waals surface area contributed by atoms with Crippen LogP contribution in [0.4, 0.5) is 5.82 Å². The third kappa shape index (κ3) is 3.90. The van der Waals surface area contributed by atoms with Crippen LogP contribution in [0.1, 0.15) is 37.9 Å². The summed E-state index contributed by atoms with van der Waals surface area (Å²) in [5.41, 5.74) is 0.824. The van der Waals surface area contributed by atoms with Crippen molar-refractivity contribution in [3.63, 3.8) is 0 Å². The molecule has 0 aliphatic rings. The molecule has 1 rings (SSSR count). The standard InChI is InChI=1S/C12H20BrN3O2/c1-5-6-14-12-10(13)9(7-17-3)15-11(16-12)8(2)18-4/h8H,5-7H2,1-4H3,(H,14,15,16). The quantitative estimate of drug-likeness (QED) is 0.838. The highest BCUT2D eigenvalue weighted by molar-refractivity contribution is 9.10. The van der Waals surface area contributed by atoms with Crippen LogP contribution in [0.3, 0.4) is 0 Å². The zero-order valence-electron chi connectivity index (χ0n) is 11.3. The van der Waals surface area contributed by atoms with Crippen LogP contribution in [0, 0.1) is 0 Å². The first-order chi connectivity index (χ1) is 8.63. The summed E-state index contributed by atoms with van der Waals surface area (Å²) in [5, 5.41) is 3.27. The molecule has 1 aromatic rings. The summed E-state index contributed by atoms with van der Waals surface area (Å²) < 4.78 is 11.3. The smallest absolute Gasteiger partial charge is 0.159 e. The highest BCUT2D eigenvalue weighted by Gasteiger charge is 2.15. The summed E-state index contributed by atoms with van der Waals surface area (Å²) in [6.45, 7) is 5.33. The Morgan fingerprint density at radius 2 is 2.06 bits per heavy atom. The number of rotatable bonds is 7. The Morgan fingerprint density at radius 3 is 2.61 bits per heavy atom. The highest BCUT2D eigenvalue weighted by atomic mass is 79.9. The van der Waals surface area contributed by atoms with Gasteiger partial charge in [0.1, 0.15) is 11.9 Å². The van der Waals surface area contributed by atoms with Gasteiger partial charge >= 0.3 is 0 Å². The molecule has 102 valence electrons. The van der Waals surface area contributed by atoms with E-state index < -0.39 is 0 Å². The minimum Gasteiger partial charge on any atom is -0.378 e. The maximum atomic E-state index is 5.26. The molecule has 1 aromatic heterocycles. The molecule has 0 saturated heterocycles. The zero-order valence-corrected chi connectivity index (χ0v) is 12.9. The first-order valence-corrected chi connectivity index (χ1v) is 6.75. The van der Waals surface area contributed by atoms with Crippen molar-refractivity contribution in [2.45, 2.75) is 33.0 Å². The Hall–Kier alpha value is -0.720. The number of aromatic nitrogens is 2. The topological polar surface area (TPSA) is 56.3 Å². The summed E-state index contributed by atoms with van der Waals surface area (Å²) in [6, 6.07) is 0. The number of hydrogen-bond acceptors (Lipinski definition) is 5. The first kappa shape index (κ1) is 15.3. The maximum Gasteiger partial charge on any atom is 0.159 e. The van der Waals surface area contributed by atoms with Crippen molar-refractivity contribution < 1.29 is 9.47 Å². The van der Waals surface area contributed by atoms with E-state index in [1.807, 2.05) is 6.92 Å². The van der Waals surface area contributed by atoms with Crippen molar-refractivity contribution in [3.05, 3.63) is 16.0 Å². The van der Waals surface area contributed by atoms with Crippen molar-refractivity contribution in [1.82, 2.24) is 9.97 Å². The predicted molar refractivity (Wildman–Crippen MR) is 74.6 cm³/mol. The molecule has 1 heterocycles. The lowest BCUT2D eigenvalue weighted by atomic mass is 10.3.